The molecular formula is C13H20N4O2S2. The molecule has 1 aliphatic rings. The fourth-order valence-electron chi connectivity index (χ4n) is 2.29. The number of thioether (sulfide) groups is 1. The van der Waals surface area contributed by atoms with E-state index in [0.29, 0.717) is 23.7 Å². The van der Waals surface area contributed by atoms with Crippen LogP contribution in [0.5, 0.6) is 0 Å². The van der Waals surface area contributed by atoms with E-state index in [9.17, 15) is 8.42 Å². The molecule has 0 aliphatic carbocycles. The number of aromatic nitrogens is 1. The highest BCUT2D eigenvalue weighted by Crippen LogP contribution is 2.27. The van der Waals surface area contributed by atoms with Crippen LogP contribution in [0.2, 0.25) is 0 Å². The van der Waals surface area contributed by atoms with Crippen molar-refractivity contribution in [1.82, 2.24) is 4.98 Å². The highest BCUT2D eigenvalue weighted by molar-refractivity contribution is 8.01. The van der Waals surface area contributed by atoms with Crippen molar-refractivity contribution in [3.05, 3.63) is 23.4 Å². The number of aryl methyl sites for hydroxylation is 1. The zero-order valence-corrected chi connectivity index (χ0v) is 13.8. The van der Waals surface area contributed by atoms with Gasteiger partial charge in [-0.3, -0.25) is 5.41 Å². The quantitative estimate of drug-likeness (QED) is 0.631. The molecule has 116 valence electrons. The number of rotatable bonds is 4. The molecule has 21 heavy (non-hydrogen) atoms. The molecule has 0 radical (unpaired) electrons. The highest BCUT2D eigenvalue weighted by atomic mass is 32.2. The molecule has 1 fully saturated rings. The van der Waals surface area contributed by atoms with Gasteiger partial charge in [0.15, 0.2) is 9.84 Å². The van der Waals surface area contributed by atoms with Crippen LogP contribution in [-0.4, -0.2) is 48.4 Å². The molecule has 1 aliphatic heterocycles. The lowest BCUT2D eigenvalue weighted by atomic mass is 10.2. The van der Waals surface area contributed by atoms with Gasteiger partial charge in [-0.15, -0.1) is 0 Å². The highest BCUT2D eigenvalue weighted by Gasteiger charge is 2.33. The third-order valence-electron chi connectivity index (χ3n) is 3.45. The number of hydrogen-bond donors (Lipinski definition) is 2. The fourth-order valence-corrected chi connectivity index (χ4v) is 5.26. The van der Waals surface area contributed by atoms with Crippen molar-refractivity contribution in [2.75, 3.05) is 28.7 Å². The molecular weight excluding hydrogens is 308 g/mol. The van der Waals surface area contributed by atoms with E-state index in [1.807, 2.05) is 11.8 Å². The first-order valence-electron chi connectivity index (χ1n) is 6.74. The summed E-state index contributed by atoms with van der Waals surface area (Å²) in [6, 6.07) is 3.43. The van der Waals surface area contributed by atoms with Gasteiger partial charge in [0.05, 0.1) is 0 Å². The maximum absolute atomic E-state index is 12.3. The maximum atomic E-state index is 12.3. The summed E-state index contributed by atoms with van der Waals surface area (Å²) in [5.74, 6) is 2.06. The molecule has 2 rings (SSSR count). The monoisotopic (exact) mass is 328 g/mol. The van der Waals surface area contributed by atoms with Crippen LogP contribution in [0.1, 0.15) is 18.2 Å². The second kappa shape index (κ2) is 6.23. The molecule has 8 heteroatoms. The van der Waals surface area contributed by atoms with E-state index >= 15 is 0 Å². The number of nitrogen functional groups attached to an aromatic ring is 1. The van der Waals surface area contributed by atoms with Crippen molar-refractivity contribution in [3.63, 3.8) is 0 Å². The summed E-state index contributed by atoms with van der Waals surface area (Å²) in [5, 5.41) is 7.00. The van der Waals surface area contributed by atoms with Crippen LogP contribution in [0.25, 0.3) is 0 Å². The van der Waals surface area contributed by atoms with Gasteiger partial charge >= 0.3 is 0 Å². The van der Waals surface area contributed by atoms with Crippen molar-refractivity contribution in [3.8, 4) is 0 Å². The smallest absolute Gasteiger partial charge is 0.171 e. The van der Waals surface area contributed by atoms with Crippen LogP contribution in [0.3, 0.4) is 0 Å². The van der Waals surface area contributed by atoms with Crippen LogP contribution in [-0.2, 0) is 9.84 Å². The molecule has 1 atom stereocenters. The number of pyridine rings is 1. The molecule has 6 nitrogen and oxygen atoms in total. The Morgan fingerprint density at radius 2 is 2.29 bits per heavy atom. The first-order valence-corrected chi connectivity index (χ1v) is 9.61. The molecule has 0 spiro atoms. The van der Waals surface area contributed by atoms with Gasteiger partial charge in [0.25, 0.3) is 0 Å². The Morgan fingerprint density at radius 1 is 1.57 bits per heavy atom. The Bertz CT molecular complexity index is 646. The fraction of sp³-hybridized carbons (Fsp3) is 0.538. The molecule has 1 saturated heterocycles. The standard InChI is InChI=1S/C13H20N4O2S2/c1-3-21(18,19)12-8-20-5-4-17(12)11-7-10(13(14)15)6-9(2)16-11/h6-7,12H,3-5,8H2,1-2H3,(H3,14,15). The second-order valence-electron chi connectivity index (χ2n) is 4.94. The van der Waals surface area contributed by atoms with Crippen LogP contribution in [0.4, 0.5) is 5.82 Å². The minimum Gasteiger partial charge on any atom is -0.384 e. The first kappa shape index (κ1) is 16.1. The minimum absolute atomic E-state index is 0.0389. The summed E-state index contributed by atoms with van der Waals surface area (Å²) in [4.78, 5) is 6.27. The lowest BCUT2D eigenvalue weighted by Gasteiger charge is -2.35. The maximum Gasteiger partial charge on any atom is 0.171 e. The third kappa shape index (κ3) is 3.49. The molecule has 1 aromatic rings. The third-order valence-corrected chi connectivity index (χ3v) is 6.74. The number of sulfone groups is 1. The van der Waals surface area contributed by atoms with E-state index < -0.39 is 15.2 Å². The molecule has 1 unspecified atom stereocenters. The summed E-state index contributed by atoms with van der Waals surface area (Å²) >= 11 is 1.64. The lowest BCUT2D eigenvalue weighted by Crippen LogP contribution is -2.48. The summed E-state index contributed by atoms with van der Waals surface area (Å²) < 4.78 is 24.6. The van der Waals surface area contributed by atoms with Gasteiger partial charge in [0.2, 0.25) is 0 Å². The van der Waals surface area contributed by atoms with E-state index in [1.54, 1.807) is 30.8 Å². The molecule has 1 aromatic heterocycles. The van der Waals surface area contributed by atoms with Gasteiger partial charge in [-0.1, -0.05) is 6.92 Å². The van der Waals surface area contributed by atoms with Crippen molar-refractivity contribution < 1.29 is 8.42 Å². The summed E-state index contributed by atoms with van der Waals surface area (Å²) in [6.07, 6.45) is 0. The molecule has 0 bridgehead atoms. The average Bonchev–Trinajstić information content (AvgIpc) is 2.46. The predicted molar refractivity (Wildman–Crippen MR) is 87.9 cm³/mol. The van der Waals surface area contributed by atoms with Gasteiger partial charge in [-0.05, 0) is 19.1 Å². The number of nitrogens with two attached hydrogens (primary N) is 1. The van der Waals surface area contributed by atoms with E-state index in [4.69, 9.17) is 11.1 Å². The van der Waals surface area contributed by atoms with Crippen molar-refractivity contribution in [1.29, 1.82) is 5.41 Å². The Balaban J connectivity index is 2.45. The van der Waals surface area contributed by atoms with E-state index in [0.717, 1.165) is 11.4 Å². The Hall–Kier alpha value is -1.28. The number of nitrogens with zero attached hydrogens (tertiary/aromatic N) is 2. The molecule has 2 heterocycles. The van der Waals surface area contributed by atoms with Gasteiger partial charge in [-0.2, -0.15) is 11.8 Å². The first-order chi connectivity index (χ1) is 9.85. The minimum atomic E-state index is -3.18. The molecule has 3 N–H and O–H groups in total. The Kier molecular flexibility index (Phi) is 4.77. The number of nitrogens with one attached hydrogen (secondary N) is 1. The predicted octanol–water partition coefficient (Wildman–Crippen LogP) is 0.988. The topological polar surface area (TPSA) is 100 Å². The summed E-state index contributed by atoms with van der Waals surface area (Å²) in [6.45, 7) is 4.11. The molecule has 0 amide bonds. The van der Waals surface area contributed by atoms with Gasteiger partial charge in [0, 0.05) is 35.1 Å². The van der Waals surface area contributed by atoms with Gasteiger partial charge in [-0.25, -0.2) is 13.4 Å². The van der Waals surface area contributed by atoms with Crippen molar-refractivity contribution in [2.24, 2.45) is 5.73 Å². The van der Waals surface area contributed by atoms with Crippen LogP contribution >= 0.6 is 11.8 Å². The summed E-state index contributed by atoms with van der Waals surface area (Å²) in [5.41, 5.74) is 6.84. The largest absolute Gasteiger partial charge is 0.384 e. The van der Waals surface area contributed by atoms with Crippen molar-refractivity contribution >= 4 is 33.3 Å². The summed E-state index contributed by atoms with van der Waals surface area (Å²) in [7, 11) is -3.18. The Labute approximate surface area is 129 Å². The van der Waals surface area contributed by atoms with E-state index in [-0.39, 0.29) is 11.6 Å². The normalized spacial score (nSPS) is 19.5. The number of amidine groups is 1. The lowest BCUT2D eigenvalue weighted by molar-refractivity contribution is 0.579. The van der Waals surface area contributed by atoms with Crippen LogP contribution in [0.15, 0.2) is 12.1 Å². The number of hydrogen-bond acceptors (Lipinski definition) is 6. The van der Waals surface area contributed by atoms with Gasteiger partial charge in [0.1, 0.15) is 17.0 Å². The van der Waals surface area contributed by atoms with Crippen molar-refractivity contribution in [2.45, 2.75) is 19.2 Å². The van der Waals surface area contributed by atoms with Crippen LogP contribution in [0, 0.1) is 12.3 Å². The molecule has 0 aromatic carbocycles. The van der Waals surface area contributed by atoms with Crippen LogP contribution < -0.4 is 10.6 Å². The Morgan fingerprint density at radius 3 is 2.90 bits per heavy atom. The van der Waals surface area contributed by atoms with E-state index in [1.165, 1.54) is 0 Å². The molecule has 0 saturated carbocycles. The average molecular weight is 328 g/mol. The second-order valence-corrected chi connectivity index (χ2v) is 8.54. The number of anilines is 1. The van der Waals surface area contributed by atoms with Gasteiger partial charge < -0.3 is 10.6 Å². The van der Waals surface area contributed by atoms with E-state index in [2.05, 4.69) is 4.98 Å². The zero-order chi connectivity index (χ0) is 15.6. The SMILES string of the molecule is CCS(=O)(=O)C1CSCCN1c1cc(C(=N)N)cc(C)n1. The zero-order valence-electron chi connectivity index (χ0n) is 12.2.